The van der Waals surface area contributed by atoms with Gasteiger partial charge in [0.25, 0.3) is 0 Å². The van der Waals surface area contributed by atoms with Crippen LogP contribution >= 0.6 is 0 Å². The maximum atomic E-state index is 9.55. The highest BCUT2D eigenvalue weighted by atomic mass is 15.3. The zero-order chi connectivity index (χ0) is 18.1. The molecule has 0 aliphatic rings. The van der Waals surface area contributed by atoms with Crippen LogP contribution in [0, 0.1) is 25.2 Å². The minimum atomic E-state index is -0.115. The maximum Gasteiger partial charge on any atom is 0.163 e. The van der Waals surface area contributed by atoms with Crippen LogP contribution in [0.15, 0.2) is 18.2 Å². The van der Waals surface area contributed by atoms with E-state index in [9.17, 15) is 5.26 Å². The molecule has 3 rings (SSSR count). The van der Waals surface area contributed by atoms with Gasteiger partial charge in [0.2, 0.25) is 0 Å². The summed E-state index contributed by atoms with van der Waals surface area (Å²) in [5, 5.41) is 17.3. The number of pyridine rings is 1. The van der Waals surface area contributed by atoms with Crippen LogP contribution in [0.4, 0.5) is 11.6 Å². The standard InChI is InChI=1S/C18H21N7/c1-5-13-11(3)24-25-16(20)14(9-19)17(23-18(13)25)22-12(4)15-8-6-7-10(2)21-15/h6-8,12H,5,20H2,1-4H3,(H,22,23)/t12-/m0/s1. The van der Waals surface area contributed by atoms with Crippen LogP contribution in [0.1, 0.15) is 48.1 Å². The summed E-state index contributed by atoms with van der Waals surface area (Å²) < 4.78 is 1.55. The lowest BCUT2D eigenvalue weighted by Gasteiger charge is -2.16. The highest BCUT2D eigenvalue weighted by Gasteiger charge is 2.20. The molecule has 0 bridgehead atoms. The first kappa shape index (κ1) is 16.7. The van der Waals surface area contributed by atoms with E-state index in [1.54, 1.807) is 4.52 Å². The van der Waals surface area contributed by atoms with Crippen molar-refractivity contribution in [3.63, 3.8) is 0 Å². The Morgan fingerprint density at radius 1 is 1.32 bits per heavy atom. The molecular weight excluding hydrogens is 314 g/mol. The Hall–Kier alpha value is -3.14. The van der Waals surface area contributed by atoms with Crippen molar-refractivity contribution in [1.82, 2.24) is 19.6 Å². The number of nitriles is 1. The molecule has 0 spiro atoms. The molecule has 0 saturated heterocycles. The molecule has 3 aromatic heterocycles. The quantitative estimate of drug-likeness (QED) is 0.759. The van der Waals surface area contributed by atoms with E-state index in [4.69, 9.17) is 5.73 Å². The van der Waals surface area contributed by atoms with E-state index in [0.29, 0.717) is 17.3 Å². The lowest BCUT2D eigenvalue weighted by Crippen LogP contribution is -2.14. The molecule has 25 heavy (non-hydrogen) atoms. The molecule has 0 aliphatic heterocycles. The largest absolute Gasteiger partial charge is 0.382 e. The van der Waals surface area contributed by atoms with Gasteiger partial charge >= 0.3 is 0 Å². The van der Waals surface area contributed by atoms with Crippen molar-refractivity contribution in [3.05, 3.63) is 46.4 Å². The zero-order valence-corrected chi connectivity index (χ0v) is 14.8. The van der Waals surface area contributed by atoms with Gasteiger partial charge in [-0.15, -0.1) is 0 Å². The van der Waals surface area contributed by atoms with E-state index >= 15 is 0 Å². The fourth-order valence-corrected chi connectivity index (χ4v) is 2.93. The number of rotatable bonds is 4. The van der Waals surface area contributed by atoms with Gasteiger partial charge in [-0.1, -0.05) is 13.0 Å². The molecule has 3 N–H and O–H groups in total. The number of hydrogen-bond acceptors (Lipinski definition) is 6. The predicted octanol–water partition coefficient (Wildman–Crippen LogP) is 2.93. The summed E-state index contributed by atoms with van der Waals surface area (Å²) in [4.78, 5) is 9.17. The number of nitrogens with zero attached hydrogens (tertiary/aromatic N) is 5. The molecule has 0 aromatic carbocycles. The monoisotopic (exact) mass is 335 g/mol. The first-order valence-corrected chi connectivity index (χ1v) is 8.24. The summed E-state index contributed by atoms with van der Waals surface area (Å²) in [6, 6.07) is 7.87. The molecular formula is C18H21N7. The lowest BCUT2D eigenvalue weighted by molar-refractivity contribution is 0.821. The van der Waals surface area contributed by atoms with E-state index in [1.165, 1.54) is 0 Å². The van der Waals surface area contributed by atoms with Gasteiger partial charge in [0.15, 0.2) is 11.5 Å². The first-order valence-electron chi connectivity index (χ1n) is 8.24. The summed E-state index contributed by atoms with van der Waals surface area (Å²) in [5.74, 6) is 0.750. The van der Waals surface area contributed by atoms with Gasteiger partial charge in [-0.25, -0.2) is 4.98 Å². The molecule has 0 saturated carbocycles. The minimum Gasteiger partial charge on any atom is -0.382 e. The Labute approximate surface area is 146 Å². The topological polar surface area (TPSA) is 105 Å². The highest BCUT2D eigenvalue weighted by Crippen LogP contribution is 2.27. The number of nitrogens with two attached hydrogens (primary N) is 1. The number of aryl methyl sites for hydroxylation is 3. The second-order valence-corrected chi connectivity index (χ2v) is 6.06. The maximum absolute atomic E-state index is 9.55. The van der Waals surface area contributed by atoms with Crippen molar-refractivity contribution in [3.8, 4) is 6.07 Å². The minimum absolute atomic E-state index is 0.115. The number of fused-ring (bicyclic) bond motifs is 1. The summed E-state index contributed by atoms with van der Waals surface area (Å²) in [6.07, 6.45) is 0.794. The second kappa shape index (κ2) is 6.40. The first-order chi connectivity index (χ1) is 12.0. The number of aromatic nitrogens is 4. The molecule has 128 valence electrons. The fraction of sp³-hybridized carbons (Fsp3) is 0.333. The SMILES string of the molecule is CCc1c(C)nn2c(N)c(C#N)c(N[C@@H](C)c3cccc(C)n3)nc12. The smallest absolute Gasteiger partial charge is 0.163 e. The molecule has 7 heteroatoms. The van der Waals surface area contributed by atoms with Gasteiger partial charge in [0.05, 0.1) is 17.4 Å². The van der Waals surface area contributed by atoms with Gasteiger partial charge < -0.3 is 11.1 Å². The van der Waals surface area contributed by atoms with E-state index in [0.717, 1.165) is 29.1 Å². The van der Waals surface area contributed by atoms with Crippen molar-refractivity contribution < 1.29 is 0 Å². The predicted molar refractivity (Wildman–Crippen MR) is 97.2 cm³/mol. The third kappa shape index (κ3) is 2.87. The Morgan fingerprint density at radius 3 is 2.72 bits per heavy atom. The van der Waals surface area contributed by atoms with Crippen LogP contribution in [0.5, 0.6) is 0 Å². The molecule has 0 radical (unpaired) electrons. The van der Waals surface area contributed by atoms with Crippen molar-refractivity contribution >= 4 is 17.3 Å². The van der Waals surface area contributed by atoms with Crippen molar-refractivity contribution in [1.29, 1.82) is 5.26 Å². The average Bonchev–Trinajstić information content (AvgIpc) is 2.91. The third-order valence-corrected chi connectivity index (χ3v) is 4.27. The Morgan fingerprint density at radius 2 is 2.08 bits per heavy atom. The Bertz CT molecular complexity index is 981. The third-order valence-electron chi connectivity index (χ3n) is 4.27. The van der Waals surface area contributed by atoms with Gasteiger partial charge in [-0.05, 0) is 39.3 Å². The van der Waals surface area contributed by atoms with Gasteiger partial charge in [-0.3, -0.25) is 4.98 Å². The van der Waals surface area contributed by atoms with Crippen LogP contribution in [-0.4, -0.2) is 19.6 Å². The summed E-state index contributed by atoms with van der Waals surface area (Å²) in [5.41, 5.74) is 10.9. The van der Waals surface area contributed by atoms with E-state index in [-0.39, 0.29) is 11.6 Å². The molecule has 0 unspecified atom stereocenters. The Balaban J connectivity index is 2.10. The van der Waals surface area contributed by atoms with Crippen molar-refractivity contribution in [2.45, 2.75) is 40.2 Å². The van der Waals surface area contributed by atoms with Crippen LogP contribution in [0.2, 0.25) is 0 Å². The number of hydrogen-bond donors (Lipinski definition) is 2. The molecule has 0 amide bonds. The van der Waals surface area contributed by atoms with Gasteiger partial charge in [0.1, 0.15) is 17.5 Å². The Kier molecular flexibility index (Phi) is 4.28. The fourth-order valence-electron chi connectivity index (χ4n) is 2.93. The number of anilines is 2. The zero-order valence-electron chi connectivity index (χ0n) is 14.8. The van der Waals surface area contributed by atoms with Crippen LogP contribution in [-0.2, 0) is 6.42 Å². The highest BCUT2D eigenvalue weighted by molar-refractivity contribution is 5.70. The molecule has 0 aliphatic carbocycles. The molecule has 7 nitrogen and oxygen atoms in total. The van der Waals surface area contributed by atoms with Crippen LogP contribution in [0.25, 0.3) is 5.65 Å². The molecule has 3 aromatic rings. The van der Waals surface area contributed by atoms with Crippen LogP contribution in [0.3, 0.4) is 0 Å². The number of nitrogens with one attached hydrogen (secondary N) is 1. The van der Waals surface area contributed by atoms with Gasteiger partial charge in [0, 0.05) is 11.3 Å². The molecule has 3 heterocycles. The van der Waals surface area contributed by atoms with E-state index in [2.05, 4.69) is 26.5 Å². The number of nitrogen functional groups attached to an aromatic ring is 1. The summed E-state index contributed by atoms with van der Waals surface area (Å²) in [7, 11) is 0. The second-order valence-electron chi connectivity index (χ2n) is 6.06. The lowest BCUT2D eigenvalue weighted by atomic mass is 10.1. The molecule has 1 atom stereocenters. The molecule has 0 fully saturated rings. The van der Waals surface area contributed by atoms with Crippen molar-refractivity contribution in [2.75, 3.05) is 11.1 Å². The van der Waals surface area contributed by atoms with Crippen LogP contribution < -0.4 is 11.1 Å². The summed E-state index contributed by atoms with van der Waals surface area (Å²) >= 11 is 0. The summed E-state index contributed by atoms with van der Waals surface area (Å²) in [6.45, 7) is 7.90. The van der Waals surface area contributed by atoms with Crippen molar-refractivity contribution in [2.24, 2.45) is 0 Å². The normalized spacial score (nSPS) is 12.1. The van der Waals surface area contributed by atoms with Gasteiger partial charge in [-0.2, -0.15) is 14.9 Å². The van der Waals surface area contributed by atoms with E-state index in [1.807, 2.05) is 45.9 Å². The average molecular weight is 335 g/mol. The van der Waals surface area contributed by atoms with E-state index < -0.39 is 0 Å².